The Labute approximate surface area is 139 Å². The number of methoxy groups -OCH3 is 1. The van der Waals surface area contributed by atoms with Crippen LogP contribution in [0.5, 0.6) is 0 Å². The molecule has 126 valence electrons. The fourth-order valence-electron chi connectivity index (χ4n) is 2.07. The van der Waals surface area contributed by atoms with Gasteiger partial charge in [-0.25, -0.2) is 16.8 Å². The average molecular weight is 389 g/mol. The van der Waals surface area contributed by atoms with Crippen molar-refractivity contribution in [3.05, 3.63) is 16.5 Å². The third kappa shape index (κ3) is 3.99. The van der Waals surface area contributed by atoms with Crippen molar-refractivity contribution in [2.75, 3.05) is 45.6 Å². The number of rotatable bonds is 6. The van der Waals surface area contributed by atoms with Crippen LogP contribution in [0.25, 0.3) is 0 Å². The van der Waals surface area contributed by atoms with Crippen LogP contribution in [0.1, 0.15) is 0 Å². The summed E-state index contributed by atoms with van der Waals surface area (Å²) in [4.78, 5) is 0. The maximum atomic E-state index is 12.4. The minimum Gasteiger partial charge on any atom is -0.384 e. The Morgan fingerprint density at radius 3 is 2.23 bits per heavy atom. The number of piperazine rings is 1. The molecule has 2 heterocycles. The predicted octanol–water partition coefficient (Wildman–Crippen LogP) is 0.684. The van der Waals surface area contributed by atoms with Gasteiger partial charge in [0.25, 0.3) is 10.0 Å². The summed E-state index contributed by atoms with van der Waals surface area (Å²) >= 11 is 6.77. The smallest absolute Gasteiger partial charge is 0.252 e. The number of ether oxygens (including phenoxy) is 1. The molecule has 1 aromatic heterocycles. The van der Waals surface area contributed by atoms with Gasteiger partial charge < -0.3 is 4.74 Å². The molecule has 0 amide bonds. The largest absolute Gasteiger partial charge is 0.384 e. The van der Waals surface area contributed by atoms with Crippen molar-refractivity contribution in [1.82, 2.24) is 8.61 Å². The van der Waals surface area contributed by atoms with Crippen molar-refractivity contribution in [3.63, 3.8) is 0 Å². The van der Waals surface area contributed by atoms with E-state index >= 15 is 0 Å². The molecule has 1 saturated heterocycles. The standard InChI is InChI=1S/C11H17ClN2O5S3/c1-19-8-9-21(15,16)13-4-6-14(7-5-13)22(17,18)11-3-2-10(12)20-11/h2-3H,4-9H2,1H3. The second-order valence-corrected chi connectivity index (χ2v) is 10.6. The van der Waals surface area contributed by atoms with Gasteiger partial charge in [-0.05, 0) is 12.1 Å². The molecule has 1 fully saturated rings. The van der Waals surface area contributed by atoms with Gasteiger partial charge in [-0.2, -0.15) is 8.61 Å². The minimum absolute atomic E-state index is 0.100. The monoisotopic (exact) mass is 388 g/mol. The van der Waals surface area contributed by atoms with Gasteiger partial charge in [0.05, 0.1) is 16.7 Å². The fourth-order valence-corrected chi connectivity index (χ4v) is 6.48. The van der Waals surface area contributed by atoms with Crippen LogP contribution in [0.3, 0.4) is 0 Å². The van der Waals surface area contributed by atoms with Crippen molar-refractivity contribution in [2.45, 2.75) is 4.21 Å². The summed E-state index contributed by atoms with van der Waals surface area (Å²) < 4.78 is 56.9. The average Bonchev–Trinajstić information content (AvgIpc) is 2.93. The summed E-state index contributed by atoms with van der Waals surface area (Å²) in [5.41, 5.74) is 0. The summed E-state index contributed by atoms with van der Waals surface area (Å²) in [5, 5.41) is 0. The molecule has 0 N–H and O–H groups in total. The van der Waals surface area contributed by atoms with E-state index in [2.05, 4.69) is 0 Å². The molecule has 22 heavy (non-hydrogen) atoms. The van der Waals surface area contributed by atoms with E-state index in [1.807, 2.05) is 0 Å². The molecule has 7 nitrogen and oxygen atoms in total. The minimum atomic E-state index is -3.61. The van der Waals surface area contributed by atoms with Crippen LogP contribution >= 0.6 is 22.9 Å². The lowest BCUT2D eigenvalue weighted by molar-refractivity contribution is 0.213. The molecule has 0 radical (unpaired) electrons. The third-order valence-electron chi connectivity index (χ3n) is 3.28. The lowest BCUT2D eigenvalue weighted by Crippen LogP contribution is -2.51. The molecule has 1 aromatic rings. The SMILES string of the molecule is COCCS(=O)(=O)N1CCN(S(=O)(=O)c2ccc(Cl)s2)CC1. The first-order valence-electron chi connectivity index (χ1n) is 6.49. The Bertz CT molecular complexity index is 708. The van der Waals surface area contributed by atoms with Gasteiger partial charge in [0, 0.05) is 33.3 Å². The van der Waals surface area contributed by atoms with E-state index in [4.69, 9.17) is 16.3 Å². The first kappa shape index (κ1) is 18.1. The van der Waals surface area contributed by atoms with Crippen LogP contribution in [0.4, 0.5) is 0 Å². The molecule has 1 aliphatic heterocycles. The zero-order chi connectivity index (χ0) is 16.4. The van der Waals surface area contributed by atoms with Crippen LogP contribution in [0, 0.1) is 0 Å². The van der Waals surface area contributed by atoms with Gasteiger partial charge in [0.15, 0.2) is 0 Å². The van der Waals surface area contributed by atoms with E-state index in [0.717, 1.165) is 11.3 Å². The highest BCUT2D eigenvalue weighted by atomic mass is 35.5. The molecule has 0 unspecified atom stereocenters. The molecule has 2 rings (SSSR count). The lowest BCUT2D eigenvalue weighted by atomic mass is 10.4. The molecular weight excluding hydrogens is 372 g/mol. The predicted molar refractivity (Wildman–Crippen MR) is 85.3 cm³/mol. The van der Waals surface area contributed by atoms with Gasteiger partial charge in [-0.15, -0.1) is 11.3 Å². The van der Waals surface area contributed by atoms with Crippen LogP contribution in [-0.2, 0) is 24.8 Å². The first-order valence-corrected chi connectivity index (χ1v) is 10.7. The highest BCUT2D eigenvalue weighted by molar-refractivity contribution is 7.91. The van der Waals surface area contributed by atoms with Crippen molar-refractivity contribution in [3.8, 4) is 0 Å². The summed E-state index contributed by atoms with van der Waals surface area (Å²) in [6.45, 7) is 0.664. The van der Waals surface area contributed by atoms with Crippen molar-refractivity contribution < 1.29 is 21.6 Å². The Morgan fingerprint density at radius 1 is 1.14 bits per heavy atom. The topological polar surface area (TPSA) is 84.0 Å². The number of nitrogens with zero attached hydrogens (tertiary/aromatic N) is 2. The number of thiophene rings is 1. The van der Waals surface area contributed by atoms with Crippen LogP contribution in [0.15, 0.2) is 16.3 Å². The van der Waals surface area contributed by atoms with E-state index in [9.17, 15) is 16.8 Å². The molecule has 0 atom stereocenters. The fraction of sp³-hybridized carbons (Fsp3) is 0.636. The normalized spacial score (nSPS) is 18.6. The van der Waals surface area contributed by atoms with Crippen molar-refractivity contribution in [2.24, 2.45) is 0 Å². The second kappa shape index (κ2) is 7.12. The Balaban J connectivity index is 2.03. The Hall–Kier alpha value is -0.230. The quantitative estimate of drug-likeness (QED) is 0.715. The Morgan fingerprint density at radius 2 is 1.73 bits per heavy atom. The number of hydrogen-bond acceptors (Lipinski definition) is 6. The summed E-state index contributed by atoms with van der Waals surface area (Å²) in [6.07, 6.45) is 0. The molecule has 0 aliphatic carbocycles. The van der Waals surface area contributed by atoms with E-state index < -0.39 is 20.0 Å². The molecule has 0 aromatic carbocycles. The van der Waals surface area contributed by atoms with Gasteiger partial charge in [-0.1, -0.05) is 11.6 Å². The maximum Gasteiger partial charge on any atom is 0.252 e. The molecule has 0 saturated carbocycles. The van der Waals surface area contributed by atoms with Gasteiger partial charge in [0.2, 0.25) is 10.0 Å². The van der Waals surface area contributed by atoms with Gasteiger partial charge in [0.1, 0.15) is 4.21 Å². The molecular formula is C11H17ClN2O5S3. The molecule has 0 bridgehead atoms. The Kier molecular flexibility index (Phi) is 5.86. The zero-order valence-electron chi connectivity index (χ0n) is 11.9. The zero-order valence-corrected chi connectivity index (χ0v) is 15.1. The van der Waals surface area contributed by atoms with E-state index in [1.54, 1.807) is 0 Å². The van der Waals surface area contributed by atoms with E-state index in [-0.39, 0.29) is 42.7 Å². The summed E-state index contributed by atoms with van der Waals surface area (Å²) in [6, 6.07) is 2.99. The summed E-state index contributed by atoms with van der Waals surface area (Å²) in [7, 11) is -5.58. The highest BCUT2D eigenvalue weighted by Crippen LogP contribution is 2.28. The van der Waals surface area contributed by atoms with Crippen LogP contribution < -0.4 is 0 Å². The van der Waals surface area contributed by atoms with E-state index in [1.165, 1.54) is 27.9 Å². The van der Waals surface area contributed by atoms with Crippen LogP contribution in [-0.4, -0.2) is 71.1 Å². The van der Waals surface area contributed by atoms with Crippen LogP contribution in [0.2, 0.25) is 4.34 Å². The van der Waals surface area contributed by atoms with Gasteiger partial charge >= 0.3 is 0 Å². The molecule has 0 spiro atoms. The molecule has 1 aliphatic rings. The third-order valence-corrected chi connectivity index (χ3v) is 8.71. The van der Waals surface area contributed by atoms with E-state index in [0.29, 0.717) is 4.34 Å². The number of hydrogen-bond donors (Lipinski definition) is 0. The second-order valence-electron chi connectivity index (χ2n) is 4.67. The lowest BCUT2D eigenvalue weighted by Gasteiger charge is -2.32. The number of halogens is 1. The maximum absolute atomic E-state index is 12.4. The number of sulfonamides is 2. The molecule has 11 heteroatoms. The first-order chi connectivity index (χ1) is 10.3. The van der Waals surface area contributed by atoms with Crippen molar-refractivity contribution in [1.29, 1.82) is 0 Å². The highest BCUT2D eigenvalue weighted by Gasteiger charge is 2.33. The summed E-state index contributed by atoms with van der Waals surface area (Å²) in [5.74, 6) is -0.100. The van der Waals surface area contributed by atoms with Crippen molar-refractivity contribution >= 4 is 43.0 Å². The van der Waals surface area contributed by atoms with Gasteiger partial charge in [-0.3, -0.25) is 0 Å².